The van der Waals surface area contributed by atoms with Gasteiger partial charge < -0.3 is 10.0 Å². The fourth-order valence-electron chi connectivity index (χ4n) is 2.85. The first kappa shape index (κ1) is 15.0. The Morgan fingerprint density at radius 1 is 1.40 bits per heavy atom. The lowest BCUT2D eigenvalue weighted by Crippen LogP contribution is -2.36. The molecule has 0 aliphatic carbocycles. The zero-order chi connectivity index (χ0) is 14.8. The van der Waals surface area contributed by atoms with Crippen molar-refractivity contribution in [2.75, 3.05) is 13.1 Å². The number of carboxylic acid groups (broad SMARTS) is 1. The van der Waals surface area contributed by atoms with Crippen LogP contribution in [-0.4, -0.2) is 35.0 Å². The zero-order valence-corrected chi connectivity index (χ0v) is 12.8. The quantitative estimate of drug-likeness (QED) is 0.908. The molecule has 0 radical (unpaired) electrons. The largest absolute Gasteiger partial charge is 0.481 e. The Bertz CT molecular complexity index is 511. The Labute approximate surface area is 123 Å². The number of aliphatic carboxylic acids is 1. The van der Waals surface area contributed by atoms with E-state index in [1.807, 2.05) is 19.1 Å². The maximum absolute atomic E-state index is 12.4. The maximum Gasteiger partial charge on any atom is 0.311 e. The monoisotopic (exact) mass is 295 g/mol. The molecule has 0 aromatic carbocycles. The van der Waals surface area contributed by atoms with Crippen LogP contribution < -0.4 is 0 Å². The van der Waals surface area contributed by atoms with Crippen molar-refractivity contribution in [3.8, 4) is 0 Å². The van der Waals surface area contributed by atoms with Crippen molar-refractivity contribution in [3.05, 3.63) is 21.9 Å². The lowest BCUT2D eigenvalue weighted by Gasteiger charge is -2.24. The van der Waals surface area contributed by atoms with Gasteiger partial charge in [0, 0.05) is 18.0 Å². The van der Waals surface area contributed by atoms with Crippen molar-refractivity contribution in [1.29, 1.82) is 0 Å². The number of carbonyl (C=O) groups is 2. The van der Waals surface area contributed by atoms with Gasteiger partial charge in [0.15, 0.2) is 0 Å². The van der Waals surface area contributed by atoms with E-state index < -0.39 is 11.4 Å². The first-order valence-electron chi connectivity index (χ1n) is 7.14. The molecule has 2 rings (SSSR count). The Morgan fingerprint density at radius 3 is 2.70 bits per heavy atom. The lowest BCUT2D eigenvalue weighted by atomic mass is 9.83. The van der Waals surface area contributed by atoms with Crippen molar-refractivity contribution in [2.45, 2.75) is 39.5 Å². The van der Waals surface area contributed by atoms with Gasteiger partial charge in [-0.05, 0) is 31.4 Å². The second kappa shape index (κ2) is 5.95. The minimum absolute atomic E-state index is 0.0195. The number of carboxylic acids is 1. The van der Waals surface area contributed by atoms with Gasteiger partial charge >= 0.3 is 5.97 Å². The first-order chi connectivity index (χ1) is 9.52. The number of amides is 1. The van der Waals surface area contributed by atoms with Crippen molar-refractivity contribution < 1.29 is 14.7 Å². The summed E-state index contributed by atoms with van der Waals surface area (Å²) in [7, 11) is 0. The van der Waals surface area contributed by atoms with E-state index in [0.717, 1.165) is 17.7 Å². The standard InChI is InChI=1S/C15H21NO3S/c1-3-7-15(14(18)19)8-9-16(10-15)13(17)12-6-5-11(4-2)20-12/h5-6H,3-4,7-10H2,1-2H3,(H,18,19). The highest BCUT2D eigenvalue weighted by Crippen LogP contribution is 2.36. The van der Waals surface area contributed by atoms with Gasteiger partial charge in [0.25, 0.3) is 5.91 Å². The van der Waals surface area contributed by atoms with E-state index in [-0.39, 0.29) is 5.91 Å². The van der Waals surface area contributed by atoms with Crippen molar-refractivity contribution in [3.63, 3.8) is 0 Å². The van der Waals surface area contributed by atoms with Crippen LogP contribution in [0.1, 0.15) is 47.7 Å². The van der Waals surface area contributed by atoms with Crippen molar-refractivity contribution in [1.82, 2.24) is 4.90 Å². The average Bonchev–Trinajstić information content (AvgIpc) is 3.05. The molecule has 0 bridgehead atoms. The Morgan fingerprint density at radius 2 is 2.15 bits per heavy atom. The SMILES string of the molecule is CCCC1(C(=O)O)CCN(C(=O)c2ccc(CC)s2)C1. The highest BCUT2D eigenvalue weighted by Gasteiger charge is 2.45. The molecule has 1 amide bonds. The number of carbonyl (C=O) groups excluding carboxylic acids is 1. The summed E-state index contributed by atoms with van der Waals surface area (Å²) in [6.45, 7) is 4.94. The predicted octanol–water partition coefficient (Wildman–Crippen LogP) is 3.03. The first-order valence-corrected chi connectivity index (χ1v) is 7.95. The topological polar surface area (TPSA) is 57.6 Å². The van der Waals surface area contributed by atoms with Gasteiger partial charge in [-0.1, -0.05) is 20.3 Å². The third-order valence-electron chi connectivity index (χ3n) is 4.04. The molecule has 110 valence electrons. The summed E-state index contributed by atoms with van der Waals surface area (Å²) in [5.74, 6) is -0.788. The summed E-state index contributed by atoms with van der Waals surface area (Å²) in [6, 6.07) is 3.83. The minimum atomic E-state index is -0.768. The Hall–Kier alpha value is -1.36. The van der Waals surface area contributed by atoms with E-state index in [4.69, 9.17) is 0 Å². The fourth-order valence-corrected chi connectivity index (χ4v) is 3.76. The van der Waals surface area contributed by atoms with Crippen LogP contribution in [0.2, 0.25) is 0 Å². The molecular formula is C15H21NO3S. The second-order valence-electron chi connectivity index (χ2n) is 5.43. The van der Waals surface area contributed by atoms with Gasteiger partial charge in [0.05, 0.1) is 10.3 Å². The molecule has 1 saturated heterocycles. The van der Waals surface area contributed by atoms with Crippen molar-refractivity contribution in [2.24, 2.45) is 5.41 Å². The molecule has 5 heteroatoms. The number of thiophene rings is 1. The smallest absolute Gasteiger partial charge is 0.311 e. The summed E-state index contributed by atoms with van der Waals surface area (Å²) >= 11 is 1.51. The highest BCUT2D eigenvalue weighted by atomic mass is 32.1. The van der Waals surface area contributed by atoms with Gasteiger partial charge in [0.1, 0.15) is 0 Å². The summed E-state index contributed by atoms with van der Waals surface area (Å²) in [6.07, 6.45) is 2.95. The van der Waals surface area contributed by atoms with Gasteiger partial charge in [0.2, 0.25) is 0 Å². The second-order valence-corrected chi connectivity index (χ2v) is 6.60. The number of hydrogen-bond donors (Lipinski definition) is 1. The molecule has 1 N–H and O–H groups in total. The number of likely N-dealkylation sites (tertiary alicyclic amines) is 1. The van der Waals surface area contributed by atoms with Gasteiger partial charge in [-0.2, -0.15) is 0 Å². The molecule has 1 aromatic rings. The van der Waals surface area contributed by atoms with Crippen LogP contribution in [-0.2, 0) is 11.2 Å². The van der Waals surface area contributed by atoms with Gasteiger partial charge in [-0.25, -0.2) is 0 Å². The van der Waals surface area contributed by atoms with Crippen LogP contribution in [0.25, 0.3) is 0 Å². The molecule has 1 aromatic heterocycles. The van der Waals surface area contributed by atoms with Crippen molar-refractivity contribution >= 4 is 23.2 Å². The van der Waals surface area contributed by atoms with Crippen LogP contribution in [0.4, 0.5) is 0 Å². The number of aryl methyl sites for hydroxylation is 1. The zero-order valence-electron chi connectivity index (χ0n) is 12.0. The summed E-state index contributed by atoms with van der Waals surface area (Å²) in [5, 5.41) is 9.47. The lowest BCUT2D eigenvalue weighted by molar-refractivity contribution is -0.148. The van der Waals surface area contributed by atoms with Crippen LogP contribution in [0.3, 0.4) is 0 Å². The average molecular weight is 295 g/mol. The molecule has 0 saturated carbocycles. The highest BCUT2D eigenvalue weighted by molar-refractivity contribution is 7.14. The van der Waals surface area contributed by atoms with Crippen LogP contribution in [0, 0.1) is 5.41 Å². The maximum atomic E-state index is 12.4. The fraction of sp³-hybridized carbons (Fsp3) is 0.600. The molecule has 1 aliphatic heterocycles. The van der Waals surface area contributed by atoms with Crippen LogP contribution >= 0.6 is 11.3 Å². The number of rotatable bonds is 5. The van der Waals surface area contributed by atoms with E-state index in [0.29, 0.717) is 25.9 Å². The molecule has 1 atom stereocenters. The molecule has 20 heavy (non-hydrogen) atoms. The van der Waals surface area contributed by atoms with Gasteiger partial charge in [-0.3, -0.25) is 9.59 Å². The Kier molecular flexibility index (Phi) is 4.48. The van der Waals surface area contributed by atoms with E-state index in [1.54, 1.807) is 4.90 Å². The van der Waals surface area contributed by atoms with Crippen LogP contribution in [0.5, 0.6) is 0 Å². The molecule has 0 spiro atoms. The summed E-state index contributed by atoms with van der Waals surface area (Å²) < 4.78 is 0. The van der Waals surface area contributed by atoms with E-state index in [1.165, 1.54) is 16.2 Å². The predicted molar refractivity (Wildman–Crippen MR) is 79.2 cm³/mol. The normalized spacial score (nSPS) is 22.2. The van der Waals surface area contributed by atoms with E-state index >= 15 is 0 Å². The van der Waals surface area contributed by atoms with Crippen LogP contribution in [0.15, 0.2) is 12.1 Å². The number of hydrogen-bond acceptors (Lipinski definition) is 3. The molecule has 1 aliphatic rings. The number of nitrogens with zero attached hydrogens (tertiary/aromatic N) is 1. The summed E-state index contributed by atoms with van der Waals surface area (Å²) in [5.41, 5.74) is -0.741. The van der Waals surface area contributed by atoms with Gasteiger partial charge in [-0.15, -0.1) is 11.3 Å². The van der Waals surface area contributed by atoms with E-state index in [2.05, 4.69) is 6.92 Å². The summed E-state index contributed by atoms with van der Waals surface area (Å²) in [4.78, 5) is 27.6. The Balaban J connectivity index is 2.11. The molecular weight excluding hydrogens is 274 g/mol. The minimum Gasteiger partial charge on any atom is -0.481 e. The molecule has 1 unspecified atom stereocenters. The van der Waals surface area contributed by atoms with E-state index in [9.17, 15) is 14.7 Å². The third kappa shape index (κ3) is 2.73. The molecule has 4 nitrogen and oxygen atoms in total. The molecule has 1 fully saturated rings. The molecule has 2 heterocycles. The third-order valence-corrected chi connectivity index (χ3v) is 5.26.